The fourth-order valence-corrected chi connectivity index (χ4v) is 2.53. The van der Waals surface area contributed by atoms with E-state index in [4.69, 9.17) is 15.2 Å². The summed E-state index contributed by atoms with van der Waals surface area (Å²) in [5, 5.41) is 0. The van der Waals surface area contributed by atoms with Gasteiger partial charge in [0.2, 0.25) is 0 Å². The van der Waals surface area contributed by atoms with Crippen LogP contribution in [0.2, 0.25) is 0 Å². The van der Waals surface area contributed by atoms with Crippen LogP contribution in [0.25, 0.3) is 0 Å². The molecule has 2 aliphatic rings. The zero-order valence-corrected chi connectivity index (χ0v) is 8.86. The Hall–Kier alpha value is -1.29. The van der Waals surface area contributed by atoms with Crippen LogP contribution in [0.5, 0.6) is 5.75 Å². The molecule has 4 heteroatoms. The Morgan fingerprint density at radius 3 is 2.94 bits per heavy atom. The molecule has 2 fully saturated rings. The molecule has 1 saturated carbocycles. The smallest absolute Gasteiger partial charge is 0.145 e. The topological polar surface area (TPSA) is 44.5 Å². The summed E-state index contributed by atoms with van der Waals surface area (Å²) in [6, 6.07) is 4.19. The van der Waals surface area contributed by atoms with Crippen LogP contribution in [-0.4, -0.2) is 18.8 Å². The standard InChI is InChI=1S/C12H14FNO2/c13-8-1-2-9(14)10(5-8)16-12-4-7-3-11(12)15-6-7/h1-2,5,7,11-12H,3-4,6,14H2. The summed E-state index contributed by atoms with van der Waals surface area (Å²) in [6.07, 6.45) is 2.23. The Balaban J connectivity index is 1.76. The van der Waals surface area contributed by atoms with Crippen molar-refractivity contribution in [2.24, 2.45) is 5.92 Å². The highest BCUT2D eigenvalue weighted by atomic mass is 19.1. The van der Waals surface area contributed by atoms with Crippen LogP contribution < -0.4 is 10.5 Å². The van der Waals surface area contributed by atoms with Crippen LogP contribution in [0.3, 0.4) is 0 Å². The summed E-state index contributed by atoms with van der Waals surface area (Å²) in [4.78, 5) is 0. The summed E-state index contributed by atoms with van der Waals surface area (Å²) < 4.78 is 24.3. The minimum Gasteiger partial charge on any atom is -0.485 e. The van der Waals surface area contributed by atoms with Gasteiger partial charge in [0.15, 0.2) is 0 Å². The van der Waals surface area contributed by atoms with E-state index in [2.05, 4.69) is 0 Å². The molecule has 1 aromatic carbocycles. The van der Waals surface area contributed by atoms with Gasteiger partial charge in [-0.3, -0.25) is 0 Å². The largest absolute Gasteiger partial charge is 0.485 e. The van der Waals surface area contributed by atoms with Crippen molar-refractivity contribution in [2.75, 3.05) is 12.3 Å². The van der Waals surface area contributed by atoms with Crippen molar-refractivity contribution in [3.8, 4) is 5.75 Å². The Morgan fingerprint density at radius 1 is 1.38 bits per heavy atom. The van der Waals surface area contributed by atoms with Crippen molar-refractivity contribution < 1.29 is 13.9 Å². The highest BCUT2D eigenvalue weighted by Gasteiger charge is 2.42. The molecule has 86 valence electrons. The van der Waals surface area contributed by atoms with Gasteiger partial charge in [-0.1, -0.05) is 0 Å². The van der Waals surface area contributed by atoms with Crippen LogP contribution in [0.1, 0.15) is 12.8 Å². The molecule has 3 rings (SSSR count). The minimum absolute atomic E-state index is 0.0304. The van der Waals surface area contributed by atoms with E-state index in [0.29, 0.717) is 17.4 Å². The van der Waals surface area contributed by atoms with Gasteiger partial charge in [-0.2, -0.15) is 0 Å². The molecule has 2 N–H and O–H groups in total. The summed E-state index contributed by atoms with van der Waals surface area (Å²) in [6.45, 7) is 0.836. The molecular weight excluding hydrogens is 209 g/mol. The number of rotatable bonds is 2. The van der Waals surface area contributed by atoms with Crippen LogP contribution in [0.15, 0.2) is 18.2 Å². The number of hydrogen-bond donors (Lipinski definition) is 1. The van der Waals surface area contributed by atoms with E-state index < -0.39 is 0 Å². The average Bonchev–Trinajstić information content (AvgIpc) is 2.85. The van der Waals surface area contributed by atoms with Gasteiger partial charge in [0.1, 0.15) is 17.7 Å². The summed E-state index contributed by atoms with van der Waals surface area (Å²) in [5.41, 5.74) is 6.21. The lowest BCUT2D eigenvalue weighted by molar-refractivity contribution is -0.0106. The summed E-state index contributed by atoms with van der Waals surface area (Å²) in [7, 11) is 0. The Kier molecular flexibility index (Phi) is 2.24. The highest BCUT2D eigenvalue weighted by Crippen LogP contribution is 2.38. The molecule has 2 bridgehead atoms. The average molecular weight is 223 g/mol. The quantitative estimate of drug-likeness (QED) is 0.779. The Bertz CT molecular complexity index is 410. The van der Waals surface area contributed by atoms with Crippen molar-refractivity contribution in [3.63, 3.8) is 0 Å². The summed E-state index contributed by atoms with van der Waals surface area (Å²) >= 11 is 0. The van der Waals surface area contributed by atoms with Gasteiger partial charge >= 0.3 is 0 Å². The SMILES string of the molecule is Nc1ccc(F)cc1OC1CC2COC1C2. The number of anilines is 1. The molecule has 1 aliphatic carbocycles. The normalized spacial score (nSPS) is 31.9. The second kappa shape index (κ2) is 3.63. The predicted octanol–water partition coefficient (Wildman–Crippen LogP) is 1.96. The van der Waals surface area contributed by atoms with E-state index in [-0.39, 0.29) is 18.0 Å². The highest BCUT2D eigenvalue weighted by molar-refractivity contribution is 5.52. The van der Waals surface area contributed by atoms with Gasteiger partial charge in [-0.15, -0.1) is 0 Å². The van der Waals surface area contributed by atoms with E-state index in [9.17, 15) is 4.39 Å². The lowest BCUT2D eigenvalue weighted by atomic mass is 10.1. The number of nitrogens with two attached hydrogens (primary N) is 1. The fraction of sp³-hybridized carbons (Fsp3) is 0.500. The van der Waals surface area contributed by atoms with Gasteiger partial charge in [-0.25, -0.2) is 4.39 Å². The Labute approximate surface area is 93.3 Å². The van der Waals surface area contributed by atoms with Gasteiger partial charge in [0.25, 0.3) is 0 Å². The first-order valence-corrected chi connectivity index (χ1v) is 5.55. The molecule has 0 radical (unpaired) electrons. The maximum absolute atomic E-state index is 13.0. The number of benzene rings is 1. The molecule has 0 aromatic heterocycles. The minimum atomic E-state index is -0.326. The van der Waals surface area contributed by atoms with E-state index in [1.54, 1.807) is 0 Å². The van der Waals surface area contributed by atoms with Crippen molar-refractivity contribution in [2.45, 2.75) is 25.0 Å². The molecule has 1 aliphatic heterocycles. The monoisotopic (exact) mass is 223 g/mol. The molecule has 1 aromatic rings. The van der Waals surface area contributed by atoms with Crippen LogP contribution in [0.4, 0.5) is 10.1 Å². The lowest BCUT2D eigenvalue weighted by Gasteiger charge is -2.24. The maximum atomic E-state index is 13.0. The number of hydrogen-bond acceptors (Lipinski definition) is 3. The van der Waals surface area contributed by atoms with Gasteiger partial charge in [0, 0.05) is 6.07 Å². The zero-order valence-electron chi connectivity index (χ0n) is 8.86. The van der Waals surface area contributed by atoms with Gasteiger partial charge in [-0.05, 0) is 30.9 Å². The third-order valence-electron chi connectivity index (χ3n) is 3.35. The fourth-order valence-electron chi connectivity index (χ4n) is 2.53. The molecule has 3 atom stereocenters. The lowest BCUT2D eigenvalue weighted by Crippen LogP contribution is -2.30. The van der Waals surface area contributed by atoms with Crippen LogP contribution in [-0.2, 0) is 4.74 Å². The third kappa shape index (κ3) is 1.63. The number of halogens is 1. The van der Waals surface area contributed by atoms with Crippen molar-refractivity contribution in [1.82, 2.24) is 0 Å². The first-order valence-electron chi connectivity index (χ1n) is 5.55. The van der Waals surface area contributed by atoms with Crippen molar-refractivity contribution in [3.05, 3.63) is 24.0 Å². The number of ether oxygens (including phenoxy) is 2. The summed E-state index contributed by atoms with van der Waals surface area (Å²) in [5.74, 6) is 0.708. The van der Waals surface area contributed by atoms with Crippen molar-refractivity contribution >= 4 is 5.69 Å². The Morgan fingerprint density at radius 2 is 2.25 bits per heavy atom. The third-order valence-corrected chi connectivity index (χ3v) is 3.35. The zero-order chi connectivity index (χ0) is 11.1. The molecule has 0 amide bonds. The van der Waals surface area contributed by atoms with Crippen LogP contribution >= 0.6 is 0 Å². The second-order valence-corrected chi connectivity index (χ2v) is 4.55. The first kappa shape index (κ1) is 9.90. The number of fused-ring (bicyclic) bond motifs is 2. The van der Waals surface area contributed by atoms with E-state index in [0.717, 1.165) is 19.4 Å². The molecule has 1 heterocycles. The van der Waals surface area contributed by atoms with E-state index in [1.807, 2.05) is 0 Å². The second-order valence-electron chi connectivity index (χ2n) is 4.55. The van der Waals surface area contributed by atoms with E-state index in [1.165, 1.54) is 18.2 Å². The van der Waals surface area contributed by atoms with Gasteiger partial charge < -0.3 is 15.2 Å². The predicted molar refractivity (Wildman–Crippen MR) is 57.7 cm³/mol. The molecule has 3 nitrogen and oxygen atoms in total. The molecule has 0 spiro atoms. The van der Waals surface area contributed by atoms with Gasteiger partial charge in [0.05, 0.1) is 18.4 Å². The first-order chi connectivity index (χ1) is 7.72. The molecule has 3 unspecified atom stereocenters. The molecular formula is C12H14FNO2. The maximum Gasteiger partial charge on any atom is 0.145 e. The van der Waals surface area contributed by atoms with Crippen molar-refractivity contribution in [1.29, 1.82) is 0 Å². The van der Waals surface area contributed by atoms with E-state index >= 15 is 0 Å². The molecule has 1 saturated heterocycles. The number of nitrogen functional groups attached to an aromatic ring is 1. The molecule has 16 heavy (non-hydrogen) atoms. The van der Waals surface area contributed by atoms with Crippen LogP contribution in [0, 0.1) is 11.7 Å².